The zero-order chi connectivity index (χ0) is 15.0. The van der Waals surface area contributed by atoms with Crippen molar-refractivity contribution in [3.63, 3.8) is 0 Å². The van der Waals surface area contributed by atoms with E-state index in [1.807, 2.05) is 0 Å². The molecule has 0 unspecified atom stereocenters. The normalized spacial score (nSPS) is 18.4. The monoisotopic (exact) mass is 287 g/mol. The van der Waals surface area contributed by atoms with Crippen molar-refractivity contribution >= 4 is 12.1 Å². The van der Waals surface area contributed by atoms with Gasteiger partial charge in [-0.3, -0.25) is 4.90 Å². The number of nitrogens with zero attached hydrogens (tertiary/aromatic N) is 1. The van der Waals surface area contributed by atoms with E-state index in [4.69, 9.17) is 18.9 Å². The number of allylic oxidation sites excluding steroid dienone is 1. The van der Waals surface area contributed by atoms with Gasteiger partial charge in [0.25, 0.3) is 0 Å². The van der Waals surface area contributed by atoms with Crippen molar-refractivity contribution in [3.05, 3.63) is 11.8 Å². The first kappa shape index (κ1) is 16.5. The topological polar surface area (TPSA) is 74.3 Å². The summed E-state index contributed by atoms with van der Waals surface area (Å²) in [5.41, 5.74) is 0.224. The zero-order valence-corrected chi connectivity index (χ0v) is 12.1. The summed E-state index contributed by atoms with van der Waals surface area (Å²) in [5.74, 6) is -0.544. The van der Waals surface area contributed by atoms with Gasteiger partial charge in [-0.2, -0.15) is 0 Å². The Hall–Kier alpha value is -1.60. The quantitative estimate of drug-likeness (QED) is 0.416. The number of methoxy groups -OCH3 is 3. The van der Waals surface area contributed by atoms with E-state index in [0.717, 1.165) is 6.42 Å². The van der Waals surface area contributed by atoms with Crippen LogP contribution in [0.3, 0.4) is 0 Å². The fourth-order valence-corrected chi connectivity index (χ4v) is 2.10. The minimum atomic E-state index is -0.571. The number of esters is 1. The van der Waals surface area contributed by atoms with E-state index in [1.165, 1.54) is 19.1 Å². The fourth-order valence-electron chi connectivity index (χ4n) is 2.10. The van der Waals surface area contributed by atoms with E-state index < -0.39 is 12.1 Å². The number of hydrogen-bond donors (Lipinski definition) is 0. The smallest absolute Gasteiger partial charge is 0.414 e. The third kappa shape index (κ3) is 4.21. The number of hydrogen-bond acceptors (Lipinski definition) is 6. The molecule has 1 aliphatic heterocycles. The van der Waals surface area contributed by atoms with Gasteiger partial charge in [-0.05, 0) is 19.3 Å². The lowest BCUT2D eigenvalue weighted by atomic mass is 10.0. The minimum absolute atomic E-state index is 0.154. The summed E-state index contributed by atoms with van der Waals surface area (Å²) in [7, 11) is 4.10. The maximum atomic E-state index is 11.9. The number of amides is 1. The van der Waals surface area contributed by atoms with E-state index in [2.05, 4.69) is 0 Å². The molecule has 0 aliphatic carbocycles. The van der Waals surface area contributed by atoms with E-state index in [9.17, 15) is 9.59 Å². The molecule has 0 N–H and O–H groups in total. The molecule has 1 heterocycles. The lowest BCUT2D eigenvalue weighted by molar-refractivity contribution is -0.138. The molecule has 0 bridgehead atoms. The summed E-state index contributed by atoms with van der Waals surface area (Å²) in [6, 6.07) is -0.154. The van der Waals surface area contributed by atoms with Crippen molar-refractivity contribution in [2.45, 2.75) is 25.3 Å². The second-order valence-corrected chi connectivity index (χ2v) is 4.26. The second kappa shape index (κ2) is 8.55. The van der Waals surface area contributed by atoms with E-state index >= 15 is 0 Å². The molecule has 1 rings (SSSR count). The van der Waals surface area contributed by atoms with E-state index in [0.29, 0.717) is 19.4 Å². The van der Waals surface area contributed by atoms with E-state index in [-0.39, 0.29) is 18.5 Å². The van der Waals surface area contributed by atoms with Crippen LogP contribution in [-0.2, 0) is 23.7 Å². The van der Waals surface area contributed by atoms with Gasteiger partial charge in [0.15, 0.2) is 0 Å². The van der Waals surface area contributed by atoms with Crippen LogP contribution in [0.5, 0.6) is 0 Å². The van der Waals surface area contributed by atoms with Crippen molar-refractivity contribution in [2.75, 3.05) is 34.7 Å². The molecule has 0 saturated carbocycles. The molecule has 0 radical (unpaired) electrons. The average Bonchev–Trinajstić information content (AvgIpc) is 2.49. The molecular formula is C13H21NO6. The molecule has 0 aromatic heterocycles. The first-order chi connectivity index (χ1) is 9.65. The van der Waals surface area contributed by atoms with Gasteiger partial charge in [-0.25, -0.2) is 9.59 Å². The third-order valence-electron chi connectivity index (χ3n) is 3.02. The Morgan fingerprint density at radius 2 is 2.05 bits per heavy atom. The highest BCUT2D eigenvalue weighted by atomic mass is 16.7. The lowest BCUT2D eigenvalue weighted by Gasteiger charge is -2.34. The lowest BCUT2D eigenvalue weighted by Crippen LogP contribution is -2.44. The van der Waals surface area contributed by atoms with Gasteiger partial charge < -0.3 is 18.9 Å². The summed E-state index contributed by atoms with van der Waals surface area (Å²) in [5, 5.41) is 0. The van der Waals surface area contributed by atoms with Crippen LogP contribution in [0.4, 0.5) is 4.79 Å². The number of rotatable bonds is 6. The Morgan fingerprint density at radius 3 is 2.65 bits per heavy atom. The maximum absolute atomic E-state index is 11.9. The minimum Gasteiger partial charge on any atom is -0.464 e. The Labute approximate surface area is 118 Å². The highest BCUT2D eigenvalue weighted by molar-refractivity contribution is 5.92. The van der Waals surface area contributed by atoms with Crippen LogP contribution in [0, 0.1) is 0 Å². The highest BCUT2D eigenvalue weighted by Gasteiger charge is 2.34. The zero-order valence-electron chi connectivity index (χ0n) is 12.1. The van der Waals surface area contributed by atoms with Crippen LogP contribution >= 0.6 is 0 Å². The Morgan fingerprint density at radius 1 is 1.30 bits per heavy atom. The number of ether oxygens (including phenoxy) is 4. The average molecular weight is 287 g/mol. The van der Waals surface area contributed by atoms with Gasteiger partial charge in [0.1, 0.15) is 12.5 Å². The Bertz CT molecular complexity index is 368. The Kier molecular flexibility index (Phi) is 7.03. The first-order valence-corrected chi connectivity index (χ1v) is 6.38. The van der Waals surface area contributed by atoms with E-state index in [1.54, 1.807) is 13.2 Å². The highest BCUT2D eigenvalue weighted by Crippen LogP contribution is 2.25. The molecule has 7 heteroatoms. The maximum Gasteiger partial charge on any atom is 0.414 e. The third-order valence-corrected chi connectivity index (χ3v) is 3.02. The summed E-state index contributed by atoms with van der Waals surface area (Å²) in [4.78, 5) is 25.0. The summed E-state index contributed by atoms with van der Waals surface area (Å²) >= 11 is 0. The van der Waals surface area contributed by atoms with Crippen molar-refractivity contribution in [3.8, 4) is 0 Å². The largest absolute Gasteiger partial charge is 0.464 e. The van der Waals surface area contributed by atoms with Gasteiger partial charge >= 0.3 is 12.1 Å². The predicted molar refractivity (Wildman–Crippen MR) is 69.8 cm³/mol. The predicted octanol–water partition coefficient (Wildman–Crippen LogP) is 1.28. The van der Waals surface area contributed by atoms with Gasteiger partial charge in [-0.1, -0.05) is 6.08 Å². The first-order valence-electron chi connectivity index (χ1n) is 6.38. The SMILES string of the molecule is COCOCC[C@@H]1CCC=C(C(=O)OC)N1C(=O)OC. The second-order valence-electron chi connectivity index (χ2n) is 4.26. The van der Waals surface area contributed by atoms with Gasteiger partial charge in [0, 0.05) is 13.2 Å². The van der Waals surface area contributed by atoms with Crippen molar-refractivity contribution in [1.82, 2.24) is 4.90 Å². The summed E-state index contributed by atoms with van der Waals surface area (Å²) in [6.45, 7) is 0.630. The molecule has 1 amide bonds. The number of carbonyl (C=O) groups is 2. The number of carbonyl (C=O) groups excluding carboxylic acids is 2. The molecule has 1 atom stereocenters. The molecule has 20 heavy (non-hydrogen) atoms. The van der Waals surface area contributed by atoms with Crippen molar-refractivity contribution in [2.24, 2.45) is 0 Å². The molecule has 7 nitrogen and oxygen atoms in total. The Balaban J connectivity index is 2.75. The molecule has 114 valence electrons. The van der Waals surface area contributed by atoms with Gasteiger partial charge in [0.05, 0.1) is 20.8 Å². The molecule has 1 aliphatic rings. The van der Waals surface area contributed by atoms with Crippen LogP contribution < -0.4 is 0 Å². The van der Waals surface area contributed by atoms with Crippen molar-refractivity contribution < 1.29 is 28.5 Å². The molecule has 0 fully saturated rings. The summed E-state index contributed by atoms with van der Waals surface area (Å²) < 4.78 is 19.5. The summed E-state index contributed by atoms with van der Waals surface area (Å²) in [6.07, 6.45) is 3.15. The molecule has 0 saturated heterocycles. The van der Waals surface area contributed by atoms with Gasteiger partial charge in [-0.15, -0.1) is 0 Å². The van der Waals surface area contributed by atoms with Crippen molar-refractivity contribution in [1.29, 1.82) is 0 Å². The van der Waals surface area contributed by atoms with Crippen LogP contribution in [-0.4, -0.2) is 57.7 Å². The molecule has 0 spiro atoms. The molecular weight excluding hydrogens is 266 g/mol. The van der Waals surface area contributed by atoms with Crippen LogP contribution in [0.15, 0.2) is 11.8 Å². The van der Waals surface area contributed by atoms with Crippen LogP contribution in [0.1, 0.15) is 19.3 Å². The molecule has 0 aromatic rings. The standard InChI is InChI=1S/C13H21NO6/c1-17-9-20-8-7-10-5-4-6-11(12(15)18-2)14(10)13(16)19-3/h6,10H,4-5,7-9H2,1-3H3/t10-/m0/s1. The van der Waals surface area contributed by atoms with Crippen LogP contribution in [0.2, 0.25) is 0 Å². The van der Waals surface area contributed by atoms with Gasteiger partial charge in [0.2, 0.25) is 0 Å². The van der Waals surface area contributed by atoms with Crippen LogP contribution in [0.25, 0.3) is 0 Å². The fraction of sp³-hybridized carbons (Fsp3) is 0.692. The molecule has 0 aromatic carbocycles.